The van der Waals surface area contributed by atoms with E-state index in [0.29, 0.717) is 11.3 Å². The van der Waals surface area contributed by atoms with Crippen LogP contribution in [0.3, 0.4) is 0 Å². The molecular weight excluding hydrogens is 250 g/mol. The number of para-hydroxylation sites is 1. The molecule has 0 aliphatic carbocycles. The molecule has 1 heterocycles. The Hall–Kier alpha value is -1.55. The van der Waals surface area contributed by atoms with Crippen molar-refractivity contribution >= 4 is 11.6 Å². The van der Waals surface area contributed by atoms with Gasteiger partial charge in [-0.25, -0.2) is 0 Å². The molecule has 0 saturated carbocycles. The number of hydrogen-bond donors (Lipinski definition) is 2. The molecule has 1 amide bonds. The smallest absolute Gasteiger partial charge is 0.253 e. The van der Waals surface area contributed by atoms with Crippen LogP contribution in [0.1, 0.15) is 43.0 Å². The van der Waals surface area contributed by atoms with E-state index in [4.69, 9.17) is 5.73 Å². The first-order valence-electron chi connectivity index (χ1n) is 7.58. The number of nitrogens with zero attached hydrogens (tertiary/aromatic N) is 1. The van der Waals surface area contributed by atoms with Crippen molar-refractivity contribution in [1.82, 2.24) is 10.2 Å². The Labute approximate surface area is 121 Å². The summed E-state index contributed by atoms with van der Waals surface area (Å²) in [5.41, 5.74) is 6.97. The van der Waals surface area contributed by atoms with E-state index < -0.39 is 0 Å². The van der Waals surface area contributed by atoms with Gasteiger partial charge in [0.15, 0.2) is 0 Å². The van der Waals surface area contributed by atoms with E-state index >= 15 is 0 Å². The molecule has 0 atom stereocenters. The Balaban J connectivity index is 1.81. The maximum Gasteiger partial charge on any atom is 0.253 e. The number of anilines is 1. The van der Waals surface area contributed by atoms with Gasteiger partial charge in [0.2, 0.25) is 0 Å². The van der Waals surface area contributed by atoms with Gasteiger partial charge in [0, 0.05) is 24.8 Å². The number of nitrogens with one attached hydrogen (secondary N) is 1. The van der Waals surface area contributed by atoms with E-state index in [2.05, 4.69) is 17.1 Å². The van der Waals surface area contributed by atoms with Crippen LogP contribution in [0.5, 0.6) is 0 Å². The maximum atomic E-state index is 12.2. The highest BCUT2D eigenvalue weighted by atomic mass is 16.1. The van der Waals surface area contributed by atoms with E-state index in [-0.39, 0.29) is 11.9 Å². The van der Waals surface area contributed by atoms with Gasteiger partial charge in [-0.3, -0.25) is 4.79 Å². The first-order chi connectivity index (χ1) is 9.70. The number of unbranched alkanes of at least 4 members (excludes halogenated alkanes) is 1. The van der Waals surface area contributed by atoms with E-state index in [1.807, 2.05) is 12.1 Å². The number of benzene rings is 1. The van der Waals surface area contributed by atoms with Gasteiger partial charge in [-0.15, -0.1) is 0 Å². The average Bonchev–Trinajstić information content (AvgIpc) is 2.47. The highest BCUT2D eigenvalue weighted by Crippen LogP contribution is 2.14. The van der Waals surface area contributed by atoms with Crippen LogP contribution in [0, 0.1) is 0 Å². The minimum atomic E-state index is -0.0462. The molecule has 1 aromatic rings. The van der Waals surface area contributed by atoms with E-state index in [9.17, 15) is 4.79 Å². The predicted molar refractivity (Wildman–Crippen MR) is 82.7 cm³/mol. The summed E-state index contributed by atoms with van der Waals surface area (Å²) in [6, 6.07) is 7.51. The van der Waals surface area contributed by atoms with Crippen molar-refractivity contribution in [3.05, 3.63) is 29.8 Å². The first-order valence-corrected chi connectivity index (χ1v) is 7.58. The van der Waals surface area contributed by atoms with Crippen molar-refractivity contribution in [2.45, 2.75) is 38.6 Å². The standard InChI is InChI=1S/C16H25N3O/c1-2-3-10-19-11-8-13(9-12-19)18-16(20)14-6-4-5-7-15(14)17/h4-7,13H,2-3,8-12,17H2,1H3,(H,18,20). The number of carbonyl (C=O) groups excluding carboxylic acids is 1. The minimum Gasteiger partial charge on any atom is -0.398 e. The lowest BCUT2D eigenvalue weighted by atomic mass is 10.0. The molecule has 0 unspecified atom stereocenters. The van der Waals surface area contributed by atoms with Gasteiger partial charge in [-0.05, 0) is 37.9 Å². The highest BCUT2D eigenvalue weighted by molar-refractivity contribution is 5.99. The first kappa shape index (κ1) is 14.9. The summed E-state index contributed by atoms with van der Waals surface area (Å²) in [6.07, 6.45) is 4.56. The number of nitrogen functional groups attached to an aromatic ring is 1. The zero-order valence-corrected chi connectivity index (χ0v) is 12.3. The fraction of sp³-hybridized carbons (Fsp3) is 0.562. The number of hydrogen-bond acceptors (Lipinski definition) is 3. The second kappa shape index (κ2) is 7.29. The molecule has 0 bridgehead atoms. The van der Waals surface area contributed by atoms with Crippen molar-refractivity contribution in [3.63, 3.8) is 0 Å². The normalized spacial score (nSPS) is 17.1. The Kier molecular flexibility index (Phi) is 5.41. The molecule has 4 nitrogen and oxygen atoms in total. The van der Waals surface area contributed by atoms with Crippen LogP contribution < -0.4 is 11.1 Å². The monoisotopic (exact) mass is 275 g/mol. The fourth-order valence-corrected chi connectivity index (χ4v) is 2.65. The highest BCUT2D eigenvalue weighted by Gasteiger charge is 2.21. The molecule has 1 saturated heterocycles. The number of piperidine rings is 1. The summed E-state index contributed by atoms with van der Waals surface area (Å²) in [4.78, 5) is 14.7. The lowest BCUT2D eigenvalue weighted by molar-refractivity contribution is 0.0911. The van der Waals surface area contributed by atoms with Crippen LogP contribution in [0.25, 0.3) is 0 Å². The number of rotatable bonds is 5. The number of nitrogens with two attached hydrogens (primary N) is 1. The second-order valence-corrected chi connectivity index (χ2v) is 5.53. The number of amides is 1. The van der Waals surface area contributed by atoms with E-state index in [1.165, 1.54) is 19.4 Å². The van der Waals surface area contributed by atoms with Gasteiger partial charge in [-0.1, -0.05) is 25.5 Å². The molecule has 2 rings (SSSR count). The van der Waals surface area contributed by atoms with Gasteiger partial charge in [0.1, 0.15) is 0 Å². The number of likely N-dealkylation sites (tertiary alicyclic amines) is 1. The van der Waals surface area contributed by atoms with Crippen LogP contribution in [0.2, 0.25) is 0 Å². The summed E-state index contributed by atoms with van der Waals surface area (Å²) >= 11 is 0. The van der Waals surface area contributed by atoms with Crippen molar-refractivity contribution in [2.75, 3.05) is 25.4 Å². The van der Waals surface area contributed by atoms with Gasteiger partial charge < -0.3 is 16.0 Å². The van der Waals surface area contributed by atoms with Crippen LogP contribution in [-0.4, -0.2) is 36.5 Å². The minimum absolute atomic E-state index is 0.0462. The molecule has 1 fully saturated rings. The Morgan fingerprint density at radius 1 is 1.35 bits per heavy atom. The molecule has 1 aliphatic heterocycles. The lowest BCUT2D eigenvalue weighted by Gasteiger charge is -2.32. The second-order valence-electron chi connectivity index (χ2n) is 5.53. The summed E-state index contributed by atoms with van der Waals surface area (Å²) in [7, 11) is 0. The molecule has 20 heavy (non-hydrogen) atoms. The molecule has 0 radical (unpaired) electrons. The Morgan fingerprint density at radius 3 is 2.70 bits per heavy atom. The topological polar surface area (TPSA) is 58.4 Å². The molecular formula is C16H25N3O. The third-order valence-electron chi connectivity index (χ3n) is 3.96. The fourth-order valence-electron chi connectivity index (χ4n) is 2.65. The molecule has 0 aromatic heterocycles. The zero-order valence-electron chi connectivity index (χ0n) is 12.3. The number of carbonyl (C=O) groups is 1. The molecule has 110 valence electrons. The van der Waals surface area contributed by atoms with Crippen LogP contribution in [-0.2, 0) is 0 Å². The maximum absolute atomic E-state index is 12.2. The van der Waals surface area contributed by atoms with Gasteiger partial charge in [0.05, 0.1) is 5.56 Å². The third-order valence-corrected chi connectivity index (χ3v) is 3.96. The Bertz CT molecular complexity index is 439. The largest absolute Gasteiger partial charge is 0.398 e. The van der Waals surface area contributed by atoms with Crippen LogP contribution in [0.15, 0.2) is 24.3 Å². The van der Waals surface area contributed by atoms with E-state index in [0.717, 1.165) is 25.9 Å². The quantitative estimate of drug-likeness (QED) is 0.810. The summed E-state index contributed by atoms with van der Waals surface area (Å²) < 4.78 is 0. The van der Waals surface area contributed by atoms with Gasteiger partial charge >= 0.3 is 0 Å². The van der Waals surface area contributed by atoms with Gasteiger partial charge in [-0.2, -0.15) is 0 Å². The van der Waals surface area contributed by atoms with E-state index in [1.54, 1.807) is 12.1 Å². The zero-order chi connectivity index (χ0) is 14.4. The van der Waals surface area contributed by atoms with Crippen molar-refractivity contribution in [3.8, 4) is 0 Å². The van der Waals surface area contributed by atoms with Crippen molar-refractivity contribution in [2.24, 2.45) is 0 Å². The molecule has 1 aliphatic rings. The SMILES string of the molecule is CCCCN1CCC(NC(=O)c2ccccc2N)CC1. The summed E-state index contributed by atoms with van der Waals surface area (Å²) in [5, 5.41) is 3.11. The Morgan fingerprint density at radius 2 is 2.05 bits per heavy atom. The van der Waals surface area contributed by atoms with Gasteiger partial charge in [0.25, 0.3) is 5.91 Å². The predicted octanol–water partition coefficient (Wildman–Crippen LogP) is 2.26. The average molecular weight is 275 g/mol. The van der Waals surface area contributed by atoms with Crippen LogP contribution >= 0.6 is 0 Å². The molecule has 1 aromatic carbocycles. The molecule has 4 heteroatoms. The van der Waals surface area contributed by atoms with Crippen LogP contribution in [0.4, 0.5) is 5.69 Å². The third kappa shape index (κ3) is 3.97. The van der Waals surface area contributed by atoms with Crippen molar-refractivity contribution in [1.29, 1.82) is 0 Å². The molecule has 3 N–H and O–H groups in total. The van der Waals surface area contributed by atoms with Crippen molar-refractivity contribution < 1.29 is 4.79 Å². The summed E-state index contributed by atoms with van der Waals surface area (Å²) in [5.74, 6) is -0.0462. The summed E-state index contributed by atoms with van der Waals surface area (Å²) in [6.45, 7) is 5.56. The lowest BCUT2D eigenvalue weighted by Crippen LogP contribution is -2.44. The molecule has 0 spiro atoms.